The van der Waals surface area contributed by atoms with E-state index in [0.717, 1.165) is 5.69 Å². The number of amides is 2. The zero-order valence-corrected chi connectivity index (χ0v) is 14.7. The fraction of sp³-hybridized carbons (Fsp3) is 0.312. The van der Waals surface area contributed by atoms with E-state index in [1.807, 2.05) is 19.9 Å². The first-order valence-electron chi connectivity index (χ1n) is 8.10. The van der Waals surface area contributed by atoms with Crippen molar-refractivity contribution in [3.05, 3.63) is 43.0 Å². The molecular weight excluding hydrogens is 336 g/mol. The van der Waals surface area contributed by atoms with E-state index < -0.39 is 0 Å². The molecule has 0 aliphatic rings. The maximum absolute atomic E-state index is 12.4. The maximum atomic E-state index is 12.4. The second-order valence-electron chi connectivity index (χ2n) is 5.51. The predicted molar refractivity (Wildman–Crippen MR) is 94.2 cm³/mol. The highest BCUT2D eigenvalue weighted by Gasteiger charge is 2.16. The second kappa shape index (κ2) is 7.64. The van der Waals surface area contributed by atoms with E-state index in [-0.39, 0.29) is 12.1 Å². The number of nitrogens with zero attached hydrogens (tertiary/aromatic N) is 6. The molecule has 0 unspecified atom stereocenters. The summed E-state index contributed by atoms with van der Waals surface area (Å²) in [7, 11) is 1.54. The van der Waals surface area contributed by atoms with Crippen LogP contribution in [0.25, 0.3) is 5.69 Å². The van der Waals surface area contributed by atoms with E-state index in [4.69, 9.17) is 4.74 Å². The highest BCUT2D eigenvalue weighted by molar-refractivity contribution is 5.91. The van der Waals surface area contributed by atoms with Gasteiger partial charge in [0.1, 0.15) is 30.6 Å². The third-order valence-electron chi connectivity index (χ3n) is 3.83. The molecule has 0 radical (unpaired) electrons. The Labute approximate surface area is 150 Å². The van der Waals surface area contributed by atoms with Crippen molar-refractivity contribution in [2.24, 2.45) is 0 Å². The van der Waals surface area contributed by atoms with Gasteiger partial charge in [-0.05, 0) is 32.0 Å². The van der Waals surface area contributed by atoms with Crippen molar-refractivity contribution in [3.63, 3.8) is 0 Å². The molecule has 1 aromatic carbocycles. The van der Waals surface area contributed by atoms with Crippen molar-refractivity contribution in [1.82, 2.24) is 34.8 Å². The Hall–Kier alpha value is -3.43. The van der Waals surface area contributed by atoms with Gasteiger partial charge in [0.2, 0.25) is 0 Å². The number of aromatic nitrogens is 6. The lowest BCUT2D eigenvalue weighted by Gasteiger charge is -2.16. The number of hydrogen-bond donors (Lipinski definition) is 2. The number of ether oxygens (including phenoxy) is 1. The number of benzene rings is 1. The summed E-state index contributed by atoms with van der Waals surface area (Å²) >= 11 is 0. The summed E-state index contributed by atoms with van der Waals surface area (Å²) in [6.07, 6.45) is 4.62. The highest BCUT2D eigenvalue weighted by Crippen LogP contribution is 2.27. The van der Waals surface area contributed by atoms with E-state index in [1.54, 1.807) is 41.1 Å². The summed E-state index contributed by atoms with van der Waals surface area (Å²) in [5.41, 5.74) is 1.32. The number of anilines is 1. The van der Waals surface area contributed by atoms with Crippen LogP contribution in [0, 0.1) is 0 Å². The number of carbonyl (C=O) groups excluding carboxylic acids is 1. The van der Waals surface area contributed by atoms with Gasteiger partial charge in [0.05, 0.1) is 24.5 Å². The van der Waals surface area contributed by atoms with Gasteiger partial charge in [0.15, 0.2) is 0 Å². The molecule has 3 aromatic rings. The predicted octanol–water partition coefficient (Wildman–Crippen LogP) is 1.77. The van der Waals surface area contributed by atoms with E-state index in [0.29, 0.717) is 23.8 Å². The smallest absolute Gasteiger partial charge is 0.319 e. The third-order valence-corrected chi connectivity index (χ3v) is 3.83. The highest BCUT2D eigenvalue weighted by atomic mass is 16.5. The second-order valence-corrected chi connectivity index (χ2v) is 5.51. The average Bonchev–Trinajstić information content (AvgIpc) is 3.33. The van der Waals surface area contributed by atoms with E-state index >= 15 is 0 Å². The molecule has 0 aliphatic heterocycles. The molecule has 26 heavy (non-hydrogen) atoms. The first kappa shape index (κ1) is 17.4. The van der Waals surface area contributed by atoms with Crippen LogP contribution < -0.4 is 15.4 Å². The molecule has 0 fully saturated rings. The van der Waals surface area contributed by atoms with Gasteiger partial charge in [0.25, 0.3) is 0 Å². The molecule has 0 saturated carbocycles. The number of hydrogen-bond acceptors (Lipinski definition) is 6. The molecule has 136 valence electrons. The van der Waals surface area contributed by atoms with E-state index in [2.05, 4.69) is 30.9 Å². The van der Waals surface area contributed by atoms with Crippen molar-refractivity contribution in [2.75, 3.05) is 12.4 Å². The third kappa shape index (κ3) is 3.63. The summed E-state index contributed by atoms with van der Waals surface area (Å²) < 4.78 is 8.79. The lowest BCUT2D eigenvalue weighted by Crippen LogP contribution is -2.32. The van der Waals surface area contributed by atoms with Gasteiger partial charge in [-0.15, -0.1) is 10.2 Å². The Morgan fingerprint density at radius 1 is 1.31 bits per heavy atom. The monoisotopic (exact) mass is 356 g/mol. The van der Waals surface area contributed by atoms with Gasteiger partial charge in [-0.3, -0.25) is 4.57 Å². The van der Waals surface area contributed by atoms with Crippen molar-refractivity contribution < 1.29 is 9.53 Å². The molecule has 0 spiro atoms. The van der Waals surface area contributed by atoms with Crippen molar-refractivity contribution in [3.8, 4) is 11.4 Å². The van der Waals surface area contributed by atoms with Crippen LogP contribution in [0.15, 0.2) is 37.2 Å². The van der Waals surface area contributed by atoms with Gasteiger partial charge in [-0.2, -0.15) is 5.10 Å². The summed E-state index contributed by atoms with van der Waals surface area (Å²) in [6, 6.07) is 4.72. The molecule has 10 nitrogen and oxygen atoms in total. The molecule has 2 aromatic heterocycles. The Kier molecular flexibility index (Phi) is 5.11. The largest absolute Gasteiger partial charge is 0.495 e. The maximum Gasteiger partial charge on any atom is 0.319 e. The Morgan fingerprint density at radius 3 is 2.77 bits per heavy atom. The Morgan fingerprint density at radius 2 is 2.08 bits per heavy atom. The molecule has 10 heteroatoms. The normalized spacial score (nSPS) is 11.8. The fourth-order valence-electron chi connectivity index (χ4n) is 2.56. The number of urea groups is 1. The van der Waals surface area contributed by atoms with Crippen LogP contribution in [-0.2, 0) is 6.54 Å². The molecule has 0 bridgehead atoms. The standard InChI is InChI=1S/C16H20N8O2/c1-4-24-15(17-8-20-24)11(2)21-16(25)22-13-7-12(5-6-14(13)26-3)23-9-18-19-10-23/h5-11H,4H2,1-3H3,(H2,21,22,25)/t11-/m1/s1. The summed E-state index contributed by atoms with van der Waals surface area (Å²) in [5, 5.41) is 17.3. The molecule has 2 N–H and O–H groups in total. The fourth-order valence-corrected chi connectivity index (χ4v) is 2.56. The molecule has 1 atom stereocenters. The zero-order chi connectivity index (χ0) is 18.5. The van der Waals surface area contributed by atoms with Crippen LogP contribution in [0.5, 0.6) is 5.75 Å². The SMILES string of the molecule is CCn1ncnc1[C@@H](C)NC(=O)Nc1cc(-n2cnnc2)ccc1OC. The van der Waals surface area contributed by atoms with Gasteiger partial charge in [-0.1, -0.05) is 0 Å². The van der Waals surface area contributed by atoms with Crippen LogP contribution >= 0.6 is 0 Å². The van der Waals surface area contributed by atoms with E-state index in [1.165, 1.54) is 6.33 Å². The number of methoxy groups -OCH3 is 1. The lowest BCUT2D eigenvalue weighted by molar-refractivity contribution is 0.248. The molecule has 2 amide bonds. The number of carbonyl (C=O) groups is 1. The Bertz CT molecular complexity index is 874. The van der Waals surface area contributed by atoms with Crippen LogP contribution in [0.4, 0.5) is 10.5 Å². The number of aryl methyl sites for hydroxylation is 1. The van der Waals surface area contributed by atoms with Gasteiger partial charge < -0.3 is 15.4 Å². The van der Waals surface area contributed by atoms with Crippen LogP contribution in [0.1, 0.15) is 25.7 Å². The minimum absolute atomic E-state index is 0.301. The van der Waals surface area contributed by atoms with Crippen molar-refractivity contribution in [1.29, 1.82) is 0 Å². The van der Waals surface area contributed by atoms with Gasteiger partial charge >= 0.3 is 6.03 Å². The van der Waals surface area contributed by atoms with Crippen LogP contribution in [0.2, 0.25) is 0 Å². The number of rotatable bonds is 6. The van der Waals surface area contributed by atoms with Gasteiger partial charge in [-0.25, -0.2) is 14.5 Å². The summed E-state index contributed by atoms with van der Waals surface area (Å²) in [5.74, 6) is 1.23. The quantitative estimate of drug-likeness (QED) is 0.696. The number of nitrogens with one attached hydrogen (secondary N) is 2. The van der Waals surface area contributed by atoms with Crippen LogP contribution in [0.3, 0.4) is 0 Å². The minimum atomic E-state index is -0.373. The molecule has 3 rings (SSSR count). The molecular formula is C16H20N8O2. The lowest BCUT2D eigenvalue weighted by atomic mass is 10.2. The first-order chi connectivity index (χ1) is 12.6. The van der Waals surface area contributed by atoms with Crippen LogP contribution in [-0.4, -0.2) is 42.7 Å². The zero-order valence-electron chi connectivity index (χ0n) is 14.7. The first-order valence-corrected chi connectivity index (χ1v) is 8.10. The topological polar surface area (TPSA) is 112 Å². The van der Waals surface area contributed by atoms with Crippen molar-refractivity contribution in [2.45, 2.75) is 26.4 Å². The summed E-state index contributed by atoms with van der Waals surface area (Å²) in [6.45, 7) is 4.49. The van der Waals surface area contributed by atoms with E-state index in [9.17, 15) is 4.79 Å². The molecule has 0 aliphatic carbocycles. The summed E-state index contributed by atoms with van der Waals surface area (Å²) in [4.78, 5) is 16.6. The van der Waals surface area contributed by atoms with Gasteiger partial charge in [0, 0.05) is 6.54 Å². The minimum Gasteiger partial charge on any atom is -0.495 e. The Balaban J connectivity index is 1.75. The van der Waals surface area contributed by atoms with Crippen molar-refractivity contribution >= 4 is 11.7 Å². The molecule has 2 heterocycles. The molecule has 0 saturated heterocycles. The average molecular weight is 356 g/mol.